The molecule has 0 aliphatic rings. The third-order valence-corrected chi connectivity index (χ3v) is 13.3. The lowest BCUT2D eigenvalue weighted by Crippen LogP contribution is -2.63. The summed E-state index contributed by atoms with van der Waals surface area (Å²) in [5.74, 6) is 0. The molecule has 2 aromatic rings. The molecule has 2 unspecified atom stereocenters. The molecule has 0 amide bonds. The van der Waals surface area contributed by atoms with Crippen LogP contribution in [0.15, 0.2) is 60.7 Å². The van der Waals surface area contributed by atoms with Crippen LogP contribution in [0, 0.1) is 0 Å². The van der Waals surface area contributed by atoms with Crippen molar-refractivity contribution in [1.29, 1.82) is 0 Å². The summed E-state index contributed by atoms with van der Waals surface area (Å²) in [5, 5.41) is 3.30. The van der Waals surface area contributed by atoms with Gasteiger partial charge >= 0.3 is 0 Å². The molecule has 0 radical (unpaired) electrons. The van der Waals surface area contributed by atoms with Crippen LogP contribution >= 0.6 is 0 Å². The van der Waals surface area contributed by atoms with Gasteiger partial charge in [-0.25, -0.2) is 0 Å². The molecule has 0 N–H and O–H groups in total. The van der Waals surface area contributed by atoms with Crippen molar-refractivity contribution in [2.75, 3.05) is 0 Å². The van der Waals surface area contributed by atoms with Gasteiger partial charge in [-0.15, -0.1) is 0 Å². The van der Waals surface area contributed by atoms with E-state index < -0.39 is 8.07 Å². The SMILES string of the molecule is CCCCCCC(C)[Si](c1ccccc1)(c1ccccc1)C(C)CCCCCC. The zero-order valence-electron chi connectivity index (χ0n) is 19.5. The average Bonchev–Trinajstić information content (AvgIpc) is 2.76. The largest absolute Gasteiger partial charge is 0.123 e. The molecule has 0 saturated heterocycles. The predicted molar refractivity (Wildman–Crippen MR) is 134 cm³/mol. The molecule has 0 fully saturated rings. The third-order valence-electron chi connectivity index (χ3n) is 7.04. The van der Waals surface area contributed by atoms with E-state index in [-0.39, 0.29) is 0 Å². The number of hydrogen-bond donors (Lipinski definition) is 0. The van der Waals surface area contributed by atoms with E-state index in [9.17, 15) is 0 Å². The summed E-state index contributed by atoms with van der Waals surface area (Å²) in [6.07, 6.45) is 13.7. The summed E-state index contributed by atoms with van der Waals surface area (Å²) in [6.45, 7) is 9.80. The van der Waals surface area contributed by atoms with Crippen molar-refractivity contribution in [2.24, 2.45) is 0 Å². The quantitative estimate of drug-likeness (QED) is 0.219. The van der Waals surface area contributed by atoms with E-state index in [2.05, 4.69) is 88.4 Å². The van der Waals surface area contributed by atoms with Gasteiger partial charge in [0.05, 0.1) is 0 Å². The van der Waals surface area contributed by atoms with Gasteiger partial charge in [-0.3, -0.25) is 0 Å². The van der Waals surface area contributed by atoms with E-state index in [4.69, 9.17) is 0 Å². The fourth-order valence-corrected chi connectivity index (χ4v) is 11.8. The van der Waals surface area contributed by atoms with Gasteiger partial charge < -0.3 is 0 Å². The van der Waals surface area contributed by atoms with E-state index in [1.807, 2.05) is 0 Å². The van der Waals surface area contributed by atoms with Crippen molar-refractivity contribution < 1.29 is 0 Å². The smallest absolute Gasteiger partial charge is 0.0654 e. The lowest BCUT2D eigenvalue weighted by atomic mass is 10.1. The molecule has 2 rings (SSSR count). The van der Waals surface area contributed by atoms with Crippen LogP contribution in [0.2, 0.25) is 11.1 Å². The minimum absolute atomic E-state index is 0.769. The highest BCUT2D eigenvalue weighted by atomic mass is 28.3. The molecule has 0 nitrogen and oxygen atoms in total. The maximum Gasteiger partial charge on any atom is 0.123 e. The van der Waals surface area contributed by atoms with Gasteiger partial charge in [-0.1, -0.05) is 163 Å². The summed E-state index contributed by atoms with van der Waals surface area (Å²) in [7, 11) is -1.87. The van der Waals surface area contributed by atoms with Crippen LogP contribution in [0.4, 0.5) is 0 Å². The molecule has 0 bridgehead atoms. The fraction of sp³-hybridized carbons (Fsp3) is 0.571. The van der Waals surface area contributed by atoms with Crippen molar-refractivity contribution in [2.45, 2.75) is 103 Å². The summed E-state index contributed by atoms with van der Waals surface area (Å²) in [6, 6.07) is 23.3. The van der Waals surface area contributed by atoms with E-state index in [1.54, 1.807) is 10.4 Å². The van der Waals surface area contributed by atoms with Gasteiger partial charge in [0, 0.05) is 0 Å². The Balaban J connectivity index is 2.41. The first kappa shape index (κ1) is 23.9. The maximum absolute atomic E-state index is 2.58. The fourth-order valence-electron chi connectivity index (χ4n) is 5.43. The summed E-state index contributed by atoms with van der Waals surface area (Å²) >= 11 is 0. The Hall–Kier alpha value is -1.34. The lowest BCUT2D eigenvalue weighted by molar-refractivity contribution is 0.594. The topological polar surface area (TPSA) is 0 Å². The van der Waals surface area contributed by atoms with Crippen LogP contribution in [0.3, 0.4) is 0 Å². The Morgan fingerprint density at radius 3 is 1.28 bits per heavy atom. The Kier molecular flexibility index (Phi) is 10.8. The van der Waals surface area contributed by atoms with E-state index in [0.29, 0.717) is 0 Å². The molecule has 160 valence electrons. The van der Waals surface area contributed by atoms with Crippen LogP contribution in [-0.4, -0.2) is 8.07 Å². The van der Waals surface area contributed by atoms with Crippen LogP contribution in [-0.2, 0) is 0 Å². The molecule has 0 spiro atoms. The van der Waals surface area contributed by atoms with Crippen LogP contribution in [0.1, 0.15) is 91.9 Å². The number of hydrogen-bond acceptors (Lipinski definition) is 0. The molecule has 0 aromatic heterocycles. The van der Waals surface area contributed by atoms with Crippen molar-refractivity contribution in [1.82, 2.24) is 0 Å². The maximum atomic E-state index is 2.58. The molecular weight excluding hydrogens is 364 g/mol. The van der Waals surface area contributed by atoms with Crippen LogP contribution in [0.25, 0.3) is 0 Å². The lowest BCUT2D eigenvalue weighted by Gasteiger charge is -2.44. The first-order valence-electron chi connectivity index (χ1n) is 12.3. The van der Waals surface area contributed by atoms with Crippen molar-refractivity contribution in [3.63, 3.8) is 0 Å². The molecule has 0 aliphatic heterocycles. The molecule has 0 saturated carbocycles. The van der Waals surface area contributed by atoms with Crippen LogP contribution in [0.5, 0.6) is 0 Å². The zero-order chi connectivity index (χ0) is 21.0. The Morgan fingerprint density at radius 1 is 0.552 bits per heavy atom. The van der Waals surface area contributed by atoms with Gasteiger partial charge in [0.1, 0.15) is 8.07 Å². The van der Waals surface area contributed by atoms with Gasteiger partial charge in [0.15, 0.2) is 0 Å². The zero-order valence-corrected chi connectivity index (χ0v) is 20.5. The molecule has 1 heteroatoms. The number of benzene rings is 2. The van der Waals surface area contributed by atoms with Gasteiger partial charge in [0.2, 0.25) is 0 Å². The first-order valence-corrected chi connectivity index (χ1v) is 14.4. The summed E-state index contributed by atoms with van der Waals surface area (Å²) < 4.78 is 0. The van der Waals surface area contributed by atoms with Crippen LogP contribution < -0.4 is 10.4 Å². The second-order valence-electron chi connectivity index (χ2n) is 9.10. The Labute approximate surface area is 182 Å². The molecule has 0 aliphatic carbocycles. The van der Waals surface area contributed by atoms with Crippen molar-refractivity contribution in [3.05, 3.63) is 60.7 Å². The highest BCUT2D eigenvalue weighted by Crippen LogP contribution is 2.39. The highest BCUT2D eigenvalue weighted by Gasteiger charge is 2.46. The first-order chi connectivity index (χ1) is 14.2. The van der Waals surface area contributed by atoms with E-state index in [1.165, 1.54) is 64.2 Å². The number of rotatable bonds is 14. The molecule has 0 heterocycles. The van der Waals surface area contributed by atoms with Gasteiger partial charge in [0.25, 0.3) is 0 Å². The molecule has 2 aromatic carbocycles. The van der Waals surface area contributed by atoms with E-state index in [0.717, 1.165) is 11.1 Å². The predicted octanol–water partition coefficient (Wildman–Crippen LogP) is 7.97. The van der Waals surface area contributed by atoms with Crippen molar-refractivity contribution >= 4 is 18.4 Å². The molecular formula is C28H44Si. The van der Waals surface area contributed by atoms with Crippen molar-refractivity contribution in [3.8, 4) is 0 Å². The minimum atomic E-state index is -1.87. The normalized spacial score (nSPS) is 13.9. The van der Waals surface area contributed by atoms with Gasteiger partial charge in [-0.05, 0) is 11.1 Å². The summed E-state index contributed by atoms with van der Waals surface area (Å²) in [5.41, 5.74) is 1.54. The molecule has 2 atom stereocenters. The van der Waals surface area contributed by atoms with E-state index >= 15 is 0 Å². The summed E-state index contributed by atoms with van der Waals surface area (Å²) in [4.78, 5) is 0. The average molecular weight is 409 g/mol. The Bertz CT molecular complexity index is 589. The molecule has 29 heavy (non-hydrogen) atoms. The van der Waals surface area contributed by atoms with Gasteiger partial charge in [-0.2, -0.15) is 0 Å². The number of unbranched alkanes of at least 4 members (excludes halogenated alkanes) is 6. The monoisotopic (exact) mass is 408 g/mol. The standard InChI is InChI=1S/C28H44Si/c1-5-7-9-13-19-25(3)29(27-21-15-11-16-22-27,28-23-17-12-18-24-28)26(4)20-14-10-8-6-2/h11-12,15-18,21-26H,5-10,13-14,19-20H2,1-4H3. The second kappa shape index (κ2) is 13.1. The second-order valence-corrected chi connectivity index (χ2v) is 14.0. The highest BCUT2D eigenvalue weighted by molar-refractivity contribution is 7.04. The Morgan fingerprint density at radius 2 is 0.931 bits per heavy atom. The third kappa shape index (κ3) is 6.32. The minimum Gasteiger partial charge on any atom is -0.0654 e.